The van der Waals surface area contributed by atoms with E-state index in [1.807, 2.05) is 36.4 Å². The fourth-order valence-electron chi connectivity index (χ4n) is 2.70. The molecule has 0 aromatic heterocycles. The van der Waals surface area contributed by atoms with Gasteiger partial charge in [0.2, 0.25) is 0 Å². The molecule has 0 saturated carbocycles. The van der Waals surface area contributed by atoms with E-state index in [9.17, 15) is 4.79 Å². The normalized spacial score (nSPS) is 11.8. The van der Waals surface area contributed by atoms with Gasteiger partial charge < -0.3 is 14.8 Å². The van der Waals surface area contributed by atoms with Crippen LogP contribution >= 0.6 is 0 Å². The molecule has 3 rings (SSSR count). The Bertz CT molecular complexity index is 870. The zero-order valence-electron chi connectivity index (χ0n) is 14.4. The zero-order valence-corrected chi connectivity index (χ0v) is 14.4. The third-order valence-corrected chi connectivity index (χ3v) is 4.06. The van der Waals surface area contributed by atoms with Gasteiger partial charge >= 0.3 is 0 Å². The van der Waals surface area contributed by atoms with Gasteiger partial charge in [-0.15, -0.1) is 0 Å². The van der Waals surface area contributed by atoms with Gasteiger partial charge in [-0.05, 0) is 35.4 Å². The van der Waals surface area contributed by atoms with Crippen LogP contribution in [0.3, 0.4) is 0 Å². The molecule has 0 aliphatic rings. The topological polar surface area (TPSA) is 47.6 Å². The Balaban J connectivity index is 1.63. The number of carbonyl (C=O) groups excluding carboxylic acids is 1. The Kier molecular flexibility index (Phi) is 5.19. The van der Waals surface area contributed by atoms with E-state index in [1.165, 1.54) is 0 Å². The molecule has 0 spiro atoms. The molecule has 0 fully saturated rings. The maximum atomic E-state index is 12.3. The second-order valence-corrected chi connectivity index (χ2v) is 5.80. The number of nitrogens with one attached hydrogen (secondary N) is 1. The van der Waals surface area contributed by atoms with Crippen LogP contribution in [0.15, 0.2) is 66.7 Å². The highest BCUT2D eigenvalue weighted by molar-refractivity contribution is 5.86. The number of fused-ring (bicyclic) bond motifs is 1. The average Bonchev–Trinajstić information content (AvgIpc) is 2.66. The lowest BCUT2D eigenvalue weighted by Crippen LogP contribution is -2.35. The molecule has 3 aromatic carbocycles. The van der Waals surface area contributed by atoms with Gasteiger partial charge in [0.25, 0.3) is 5.91 Å². The molecule has 1 N–H and O–H groups in total. The monoisotopic (exact) mass is 335 g/mol. The first kappa shape index (κ1) is 16.8. The van der Waals surface area contributed by atoms with Crippen molar-refractivity contribution in [2.45, 2.75) is 19.6 Å². The van der Waals surface area contributed by atoms with Crippen LogP contribution in [0.2, 0.25) is 0 Å². The van der Waals surface area contributed by atoms with Gasteiger partial charge in [0.1, 0.15) is 11.5 Å². The minimum absolute atomic E-state index is 0.157. The van der Waals surface area contributed by atoms with Crippen LogP contribution in [-0.4, -0.2) is 19.1 Å². The molecule has 0 saturated heterocycles. The van der Waals surface area contributed by atoms with E-state index in [0.717, 1.165) is 16.3 Å². The van der Waals surface area contributed by atoms with Crippen molar-refractivity contribution in [3.8, 4) is 11.5 Å². The molecule has 0 heterocycles. The van der Waals surface area contributed by atoms with E-state index in [1.54, 1.807) is 26.2 Å². The highest BCUT2D eigenvalue weighted by atomic mass is 16.5. The van der Waals surface area contributed by atoms with E-state index >= 15 is 0 Å². The van der Waals surface area contributed by atoms with Crippen LogP contribution in [0.25, 0.3) is 10.8 Å². The summed E-state index contributed by atoms with van der Waals surface area (Å²) in [6.07, 6.45) is -0.595. The Morgan fingerprint density at radius 1 is 1.00 bits per heavy atom. The molecule has 1 amide bonds. The van der Waals surface area contributed by atoms with Crippen molar-refractivity contribution in [2.24, 2.45) is 0 Å². The summed E-state index contributed by atoms with van der Waals surface area (Å²) < 4.78 is 10.9. The maximum Gasteiger partial charge on any atom is 0.261 e. The molecular weight excluding hydrogens is 314 g/mol. The summed E-state index contributed by atoms with van der Waals surface area (Å²) in [5.74, 6) is 1.14. The summed E-state index contributed by atoms with van der Waals surface area (Å²) in [5.41, 5.74) is 1.08. The summed E-state index contributed by atoms with van der Waals surface area (Å²) in [7, 11) is 1.60. The summed E-state index contributed by atoms with van der Waals surface area (Å²) in [5, 5.41) is 5.25. The summed E-state index contributed by atoms with van der Waals surface area (Å²) in [6, 6.07) is 21.4. The third-order valence-electron chi connectivity index (χ3n) is 4.06. The van der Waals surface area contributed by atoms with Crippen LogP contribution in [0.4, 0.5) is 0 Å². The molecule has 128 valence electrons. The lowest BCUT2D eigenvalue weighted by atomic mass is 10.0. The number of benzene rings is 3. The molecule has 0 aliphatic heterocycles. The molecule has 4 heteroatoms. The number of hydrogen-bond donors (Lipinski definition) is 1. The largest absolute Gasteiger partial charge is 0.497 e. The van der Waals surface area contributed by atoms with Crippen molar-refractivity contribution in [3.63, 3.8) is 0 Å². The highest BCUT2D eigenvalue weighted by Crippen LogP contribution is 2.20. The van der Waals surface area contributed by atoms with Gasteiger partial charge in [0, 0.05) is 12.6 Å². The zero-order chi connectivity index (χ0) is 17.6. The maximum absolute atomic E-state index is 12.3. The van der Waals surface area contributed by atoms with Crippen molar-refractivity contribution >= 4 is 16.7 Å². The van der Waals surface area contributed by atoms with Gasteiger partial charge in [-0.2, -0.15) is 0 Å². The van der Waals surface area contributed by atoms with Gasteiger partial charge in [-0.25, -0.2) is 0 Å². The van der Waals surface area contributed by atoms with Gasteiger partial charge in [-0.3, -0.25) is 4.79 Å². The standard InChI is InChI=1S/C21H21NO3/c1-15(25-19-11-6-10-18(13-19)24-2)21(23)22-14-17-9-5-8-16-7-3-4-12-20(16)17/h3-13,15H,14H2,1-2H3,(H,22,23). The van der Waals surface area contributed by atoms with Crippen molar-refractivity contribution in [1.82, 2.24) is 5.32 Å². The number of hydrogen-bond acceptors (Lipinski definition) is 3. The fourth-order valence-corrected chi connectivity index (χ4v) is 2.70. The van der Waals surface area contributed by atoms with E-state index in [2.05, 4.69) is 23.5 Å². The van der Waals surface area contributed by atoms with Gasteiger partial charge in [0.15, 0.2) is 6.10 Å². The third kappa shape index (κ3) is 4.10. The number of rotatable bonds is 6. The summed E-state index contributed by atoms with van der Waals surface area (Å²) in [6.45, 7) is 2.20. The van der Waals surface area contributed by atoms with Crippen LogP contribution < -0.4 is 14.8 Å². The predicted molar refractivity (Wildman–Crippen MR) is 98.9 cm³/mol. The first-order valence-electron chi connectivity index (χ1n) is 8.22. The fraction of sp³-hybridized carbons (Fsp3) is 0.190. The Hall–Kier alpha value is -3.01. The molecule has 3 aromatic rings. The molecular formula is C21H21NO3. The minimum Gasteiger partial charge on any atom is -0.497 e. The van der Waals surface area contributed by atoms with Crippen LogP contribution in [-0.2, 0) is 11.3 Å². The van der Waals surface area contributed by atoms with Crippen molar-refractivity contribution in [3.05, 3.63) is 72.3 Å². The number of ether oxygens (including phenoxy) is 2. The molecule has 0 aliphatic carbocycles. The Morgan fingerprint density at radius 2 is 1.72 bits per heavy atom. The van der Waals surface area contributed by atoms with E-state index in [-0.39, 0.29) is 5.91 Å². The number of methoxy groups -OCH3 is 1. The van der Waals surface area contributed by atoms with Crippen LogP contribution in [0.5, 0.6) is 11.5 Å². The summed E-state index contributed by atoms with van der Waals surface area (Å²) >= 11 is 0. The Labute approximate surface area is 147 Å². The number of amides is 1. The number of carbonyl (C=O) groups is 1. The van der Waals surface area contributed by atoms with Crippen LogP contribution in [0.1, 0.15) is 12.5 Å². The molecule has 1 unspecified atom stereocenters. The molecule has 25 heavy (non-hydrogen) atoms. The van der Waals surface area contributed by atoms with E-state index in [4.69, 9.17) is 9.47 Å². The van der Waals surface area contributed by atoms with Crippen LogP contribution in [0, 0.1) is 0 Å². The second kappa shape index (κ2) is 7.71. The first-order chi connectivity index (χ1) is 12.2. The van der Waals surface area contributed by atoms with Crippen molar-refractivity contribution in [1.29, 1.82) is 0 Å². The smallest absolute Gasteiger partial charge is 0.261 e. The van der Waals surface area contributed by atoms with E-state index in [0.29, 0.717) is 18.0 Å². The first-order valence-corrected chi connectivity index (χ1v) is 8.22. The van der Waals surface area contributed by atoms with Crippen molar-refractivity contribution < 1.29 is 14.3 Å². The molecule has 0 radical (unpaired) electrons. The minimum atomic E-state index is -0.595. The Morgan fingerprint density at radius 3 is 2.56 bits per heavy atom. The van der Waals surface area contributed by atoms with E-state index < -0.39 is 6.10 Å². The van der Waals surface area contributed by atoms with Gasteiger partial charge in [-0.1, -0.05) is 48.5 Å². The average molecular weight is 335 g/mol. The lowest BCUT2D eigenvalue weighted by molar-refractivity contribution is -0.127. The SMILES string of the molecule is COc1cccc(OC(C)C(=O)NCc2cccc3ccccc23)c1. The molecule has 4 nitrogen and oxygen atoms in total. The summed E-state index contributed by atoms with van der Waals surface area (Å²) in [4.78, 5) is 12.3. The van der Waals surface area contributed by atoms with Crippen molar-refractivity contribution in [2.75, 3.05) is 7.11 Å². The quantitative estimate of drug-likeness (QED) is 0.742. The van der Waals surface area contributed by atoms with Gasteiger partial charge in [0.05, 0.1) is 7.11 Å². The molecule has 1 atom stereocenters. The predicted octanol–water partition coefficient (Wildman–Crippen LogP) is 3.93. The molecule has 0 bridgehead atoms. The second-order valence-electron chi connectivity index (χ2n) is 5.80. The highest BCUT2D eigenvalue weighted by Gasteiger charge is 2.15. The lowest BCUT2D eigenvalue weighted by Gasteiger charge is -2.16.